The van der Waals surface area contributed by atoms with E-state index in [1.807, 2.05) is 0 Å². The summed E-state index contributed by atoms with van der Waals surface area (Å²) in [6.07, 6.45) is -9.10. The lowest BCUT2D eigenvalue weighted by atomic mass is 10.0. The Kier molecular flexibility index (Phi) is 6.69. The highest BCUT2D eigenvalue weighted by atomic mass is 35.5. The highest BCUT2D eigenvalue weighted by Gasteiger charge is 2.44. The Morgan fingerprint density at radius 1 is 1.24 bits per heavy atom. The van der Waals surface area contributed by atoms with Crippen molar-refractivity contribution in [3.05, 3.63) is 45.3 Å². The molecule has 1 unspecified atom stereocenters. The standard InChI is InChI=1S/C17H11Cl2F5N2O3/c1-6(27)25-10-5-9(26-14(12(10)19)16(28)29-2)7-3-4-8(18)11(13(7)20)15(21)17(22,23)24/h3-5,15H,1-2H3,(H,25,26,27). The van der Waals surface area contributed by atoms with Crippen LogP contribution in [0, 0.1) is 5.82 Å². The summed E-state index contributed by atoms with van der Waals surface area (Å²) in [4.78, 5) is 27.0. The molecular weight excluding hydrogens is 446 g/mol. The first-order valence-electron chi connectivity index (χ1n) is 7.64. The Balaban J connectivity index is 2.77. The minimum Gasteiger partial charge on any atom is -0.464 e. The quantitative estimate of drug-likeness (QED) is 0.486. The fraction of sp³-hybridized carbons (Fsp3) is 0.235. The number of nitrogens with zero attached hydrogens (tertiary/aromatic N) is 1. The summed E-state index contributed by atoms with van der Waals surface area (Å²) in [6.45, 7) is 1.12. The van der Waals surface area contributed by atoms with Crippen molar-refractivity contribution < 1.29 is 36.3 Å². The zero-order valence-electron chi connectivity index (χ0n) is 14.6. The maximum absolute atomic E-state index is 14.8. The number of amides is 1. The summed E-state index contributed by atoms with van der Waals surface area (Å²) in [5.74, 6) is -3.31. The van der Waals surface area contributed by atoms with Gasteiger partial charge in [-0.05, 0) is 18.2 Å². The van der Waals surface area contributed by atoms with Gasteiger partial charge in [0.25, 0.3) is 0 Å². The molecule has 0 spiro atoms. The van der Waals surface area contributed by atoms with Gasteiger partial charge < -0.3 is 10.1 Å². The topological polar surface area (TPSA) is 68.3 Å². The number of hydrogen-bond donors (Lipinski definition) is 1. The van der Waals surface area contributed by atoms with E-state index in [9.17, 15) is 31.5 Å². The van der Waals surface area contributed by atoms with E-state index in [0.717, 1.165) is 32.2 Å². The number of methoxy groups -OCH3 is 1. The van der Waals surface area contributed by atoms with Gasteiger partial charge in [0.15, 0.2) is 5.69 Å². The molecule has 1 atom stereocenters. The molecule has 12 heteroatoms. The first-order valence-corrected chi connectivity index (χ1v) is 8.39. The van der Waals surface area contributed by atoms with Gasteiger partial charge in [-0.15, -0.1) is 0 Å². The molecule has 1 heterocycles. The number of anilines is 1. The summed E-state index contributed by atoms with van der Waals surface area (Å²) in [5, 5.41) is 1.14. The molecule has 0 aliphatic rings. The second-order valence-corrected chi connectivity index (χ2v) is 6.40. The molecule has 156 valence electrons. The lowest BCUT2D eigenvalue weighted by Crippen LogP contribution is -2.18. The van der Waals surface area contributed by atoms with E-state index in [1.165, 1.54) is 0 Å². The van der Waals surface area contributed by atoms with Crippen molar-refractivity contribution in [2.24, 2.45) is 0 Å². The van der Waals surface area contributed by atoms with Crippen LogP contribution < -0.4 is 5.32 Å². The zero-order valence-corrected chi connectivity index (χ0v) is 16.1. The van der Waals surface area contributed by atoms with Gasteiger partial charge in [0.05, 0.1) is 34.1 Å². The number of carbonyl (C=O) groups is 2. The molecule has 2 rings (SSSR count). The Labute approximate surface area is 170 Å². The Bertz CT molecular complexity index is 983. The van der Waals surface area contributed by atoms with Crippen LogP contribution in [0.2, 0.25) is 10.0 Å². The first kappa shape index (κ1) is 22.8. The molecule has 0 saturated heterocycles. The zero-order chi connectivity index (χ0) is 22.1. The second-order valence-electron chi connectivity index (χ2n) is 5.62. The van der Waals surface area contributed by atoms with Gasteiger partial charge in [0, 0.05) is 12.5 Å². The number of carbonyl (C=O) groups excluding carboxylic acids is 2. The van der Waals surface area contributed by atoms with E-state index in [-0.39, 0.29) is 10.7 Å². The third kappa shape index (κ3) is 4.76. The number of alkyl halides is 4. The molecule has 1 aromatic heterocycles. The fourth-order valence-corrected chi connectivity index (χ4v) is 2.81. The fourth-order valence-electron chi connectivity index (χ4n) is 2.34. The monoisotopic (exact) mass is 456 g/mol. The highest BCUT2D eigenvalue weighted by molar-refractivity contribution is 6.36. The number of benzene rings is 1. The van der Waals surface area contributed by atoms with Gasteiger partial charge in [-0.25, -0.2) is 18.6 Å². The van der Waals surface area contributed by atoms with Crippen LogP contribution in [-0.4, -0.2) is 30.1 Å². The molecule has 0 saturated carbocycles. The molecule has 2 aromatic rings. The molecular formula is C17H11Cl2F5N2O3. The van der Waals surface area contributed by atoms with E-state index < -0.39 is 57.6 Å². The lowest BCUT2D eigenvalue weighted by molar-refractivity contribution is -0.183. The van der Waals surface area contributed by atoms with Gasteiger partial charge >= 0.3 is 12.1 Å². The Morgan fingerprint density at radius 2 is 1.86 bits per heavy atom. The number of aromatic nitrogens is 1. The first-order chi connectivity index (χ1) is 13.4. The maximum Gasteiger partial charge on any atom is 0.424 e. The van der Waals surface area contributed by atoms with Gasteiger partial charge in [0.2, 0.25) is 12.1 Å². The van der Waals surface area contributed by atoms with Crippen LogP contribution in [0.4, 0.5) is 27.6 Å². The molecule has 1 aromatic carbocycles. The van der Waals surface area contributed by atoms with Crippen LogP contribution in [0.15, 0.2) is 18.2 Å². The molecule has 0 bridgehead atoms. The van der Waals surface area contributed by atoms with Crippen molar-refractivity contribution in [2.45, 2.75) is 19.3 Å². The van der Waals surface area contributed by atoms with Crippen molar-refractivity contribution in [3.8, 4) is 11.3 Å². The molecule has 0 radical (unpaired) electrons. The number of rotatable bonds is 4. The summed E-state index contributed by atoms with van der Waals surface area (Å²) in [6, 6.07) is 2.80. The number of pyridine rings is 1. The lowest BCUT2D eigenvalue weighted by Gasteiger charge is -2.17. The number of halogens is 7. The molecule has 29 heavy (non-hydrogen) atoms. The Morgan fingerprint density at radius 3 is 2.38 bits per heavy atom. The molecule has 0 aliphatic carbocycles. The van der Waals surface area contributed by atoms with Crippen molar-refractivity contribution >= 4 is 40.8 Å². The number of nitrogens with one attached hydrogen (secondary N) is 1. The van der Waals surface area contributed by atoms with Crippen LogP contribution in [-0.2, 0) is 9.53 Å². The predicted octanol–water partition coefficient (Wildman–Crippen LogP) is 5.51. The van der Waals surface area contributed by atoms with Crippen LogP contribution in [0.25, 0.3) is 11.3 Å². The molecule has 1 amide bonds. The summed E-state index contributed by atoms with van der Waals surface area (Å²) < 4.78 is 71.4. The molecule has 0 fully saturated rings. The van der Waals surface area contributed by atoms with Crippen LogP contribution in [0.1, 0.15) is 29.1 Å². The van der Waals surface area contributed by atoms with Gasteiger partial charge in [-0.1, -0.05) is 23.2 Å². The number of ether oxygens (including phenoxy) is 1. The predicted molar refractivity (Wildman–Crippen MR) is 95.2 cm³/mol. The summed E-state index contributed by atoms with van der Waals surface area (Å²) in [5.41, 5.74) is -3.19. The molecule has 0 aliphatic heterocycles. The van der Waals surface area contributed by atoms with Crippen molar-refractivity contribution in [1.29, 1.82) is 0 Å². The van der Waals surface area contributed by atoms with E-state index in [1.54, 1.807) is 0 Å². The number of hydrogen-bond acceptors (Lipinski definition) is 4. The third-order valence-electron chi connectivity index (χ3n) is 3.59. The normalized spacial score (nSPS) is 12.4. The van der Waals surface area contributed by atoms with Crippen molar-refractivity contribution in [3.63, 3.8) is 0 Å². The van der Waals surface area contributed by atoms with Crippen molar-refractivity contribution in [1.82, 2.24) is 4.98 Å². The SMILES string of the molecule is COC(=O)c1nc(-c2ccc(Cl)c(C(F)C(F)(F)F)c2F)cc(NC(C)=O)c1Cl. The van der Waals surface area contributed by atoms with Crippen molar-refractivity contribution in [2.75, 3.05) is 12.4 Å². The average Bonchev–Trinajstić information content (AvgIpc) is 2.61. The van der Waals surface area contributed by atoms with Gasteiger partial charge in [-0.2, -0.15) is 13.2 Å². The maximum atomic E-state index is 14.8. The van der Waals surface area contributed by atoms with Crippen LogP contribution in [0.5, 0.6) is 0 Å². The van der Waals surface area contributed by atoms with Gasteiger partial charge in [0.1, 0.15) is 5.82 Å². The van der Waals surface area contributed by atoms with Gasteiger partial charge in [-0.3, -0.25) is 4.79 Å². The molecule has 5 nitrogen and oxygen atoms in total. The van der Waals surface area contributed by atoms with Crippen LogP contribution in [0.3, 0.4) is 0 Å². The Hall–Kier alpha value is -2.46. The number of esters is 1. The van der Waals surface area contributed by atoms with Crippen LogP contribution >= 0.6 is 23.2 Å². The van der Waals surface area contributed by atoms with E-state index >= 15 is 0 Å². The summed E-state index contributed by atoms with van der Waals surface area (Å²) in [7, 11) is 1.00. The van der Waals surface area contributed by atoms with E-state index in [0.29, 0.717) is 0 Å². The average molecular weight is 457 g/mol. The van der Waals surface area contributed by atoms with E-state index in [4.69, 9.17) is 23.2 Å². The smallest absolute Gasteiger partial charge is 0.424 e. The largest absolute Gasteiger partial charge is 0.464 e. The third-order valence-corrected chi connectivity index (χ3v) is 4.30. The second kappa shape index (κ2) is 8.50. The minimum absolute atomic E-state index is 0.187. The highest BCUT2D eigenvalue weighted by Crippen LogP contribution is 2.43. The van der Waals surface area contributed by atoms with E-state index in [2.05, 4.69) is 15.0 Å². The summed E-state index contributed by atoms with van der Waals surface area (Å²) >= 11 is 11.6. The minimum atomic E-state index is -5.41. The molecule has 1 N–H and O–H groups in total.